The molecule has 9 rings (SSSR count). The minimum atomic E-state index is -0.847. The summed E-state index contributed by atoms with van der Waals surface area (Å²) in [5, 5.41) is 25.9. The average molecular weight is 652 g/mol. The largest absolute Gasteiger partial charge is 0.508 e. The zero-order chi connectivity index (χ0) is 32.7. The molecule has 4 unspecified atom stereocenters. The first kappa shape index (κ1) is 30.1. The van der Waals surface area contributed by atoms with Gasteiger partial charge in [-0.25, -0.2) is 8.78 Å². The third kappa shape index (κ3) is 5.06. The second-order valence-electron chi connectivity index (χ2n) is 14.8. The van der Waals surface area contributed by atoms with Crippen molar-refractivity contribution >= 4 is 27.5 Å². The topological polar surface area (TPSA) is 94.0 Å². The van der Waals surface area contributed by atoms with Gasteiger partial charge in [0.15, 0.2) is 5.82 Å². The van der Waals surface area contributed by atoms with Gasteiger partial charge in [0.25, 0.3) is 0 Å². The van der Waals surface area contributed by atoms with Crippen LogP contribution in [0.5, 0.6) is 11.8 Å². The minimum Gasteiger partial charge on any atom is -0.508 e. The summed E-state index contributed by atoms with van der Waals surface area (Å²) in [5.41, 5.74) is 0.269. The Morgan fingerprint density at radius 3 is 2.48 bits per heavy atom. The lowest BCUT2D eigenvalue weighted by Gasteiger charge is -2.39. The Balaban J connectivity index is 1.12. The molecule has 4 saturated heterocycles. The fourth-order valence-corrected chi connectivity index (χ4v) is 9.05. The number of halogens is 2. The zero-order valence-corrected chi connectivity index (χ0v) is 26.8. The van der Waals surface area contributed by atoms with Crippen molar-refractivity contribution in [1.82, 2.24) is 20.2 Å². The van der Waals surface area contributed by atoms with Crippen LogP contribution in [0, 0.1) is 29.4 Å². The summed E-state index contributed by atoms with van der Waals surface area (Å²) < 4.78 is 39.6. The number of hydrogen-bond donors (Lipinski definition) is 3. The van der Waals surface area contributed by atoms with Crippen molar-refractivity contribution in [1.29, 1.82) is 0 Å². The molecule has 4 aliphatic heterocycles. The molecule has 10 heteroatoms. The van der Waals surface area contributed by atoms with E-state index in [4.69, 9.17) is 16.1 Å². The van der Waals surface area contributed by atoms with Crippen molar-refractivity contribution in [3.63, 3.8) is 0 Å². The van der Waals surface area contributed by atoms with Crippen LogP contribution in [0.2, 0.25) is 0 Å². The molecule has 4 bridgehead atoms. The van der Waals surface area contributed by atoms with Gasteiger partial charge < -0.3 is 25.2 Å². The number of terminal acetylenes is 1. The number of aliphatic hydroxyl groups is 1. The van der Waals surface area contributed by atoms with E-state index in [1.807, 2.05) is 0 Å². The number of aromatic nitrogens is 2. The molecule has 8 nitrogen and oxygen atoms in total. The number of aromatic hydroxyl groups is 1. The highest BCUT2D eigenvalue weighted by Gasteiger charge is 2.50. The third-order valence-corrected chi connectivity index (χ3v) is 11.6. The van der Waals surface area contributed by atoms with Gasteiger partial charge in [0, 0.05) is 71.1 Å². The fourth-order valence-electron chi connectivity index (χ4n) is 9.05. The number of hydrogen-bond acceptors (Lipinski definition) is 8. The van der Waals surface area contributed by atoms with Crippen LogP contribution in [-0.2, 0) is 0 Å². The van der Waals surface area contributed by atoms with Crippen molar-refractivity contribution in [3.8, 4) is 35.2 Å². The number of rotatable bonds is 7. The van der Waals surface area contributed by atoms with Gasteiger partial charge >= 0.3 is 6.01 Å². The van der Waals surface area contributed by atoms with Gasteiger partial charge in [0.2, 0.25) is 0 Å². The first-order chi connectivity index (χ1) is 23.3. The Morgan fingerprint density at radius 2 is 1.77 bits per heavy atom. The molecule has 5 fully saturated rings. The van der Waals surface area contributed by atoms with Crippen LogP contribution in [-0.4, -0.2) is 81.6 Å². The first-order valence-corrected chi connectivity index (χ1v) is 17.3. The van der Waals surface area contributed by atoms with Gasteiger partial charge in [0.05, 0.1) is 18.3 Å². The molecule has 0 radical (unpaired) electrons. The highest BCUT2D eigenvalue weighted by molar-refractivity contribution is 6.04. The maximum absolute atomic E-state index is 16.9. The van der Waals surface area contributed by atoms with E-state index < -0.39 is 11.6 Å². The Labute approximate surface area is 278 Å². The number of phenols is 1. The van der Waals surface area contributed by atoms with Crippen LogP contribution >= 0.6 is 0 Å². The lowest BCUT2D eigenvalue weighted by molar-refractivity contribution is 0.0182. The van der Waals surface area contributed by atoms with E-state index in [2.05, 4.69) is 26.0 Å². The SMILES string of the molecule is C#Cc1cccc2cc(O)cc(-c3c(F)cc4c(N5CC6CCC(C5)N6)nc(OCC5(CN6C7CCC6CC(O)C7)CC5)nc4c3F)c12. The molecular weight excluding hydrogens is 612 g/mol. The van der Waals surface area contributed by atoms with Crippen LogP contribution < -0.4 is 15.0 Å². The van der Waals surface area contributed by atoms with Crippen LogP contribution in [0.3, 0.4) is 0 Å². The minimum absolute atomic E-state index is 0.0279. The summed E-state index contributed by atoms with van der Waals surface area (Å²) in [6, 6.07) is 10.9. The van der Waals surface area contributed by atoms with E-state index in [9.17, 15) is 10.2 Å². The molecule has 0 spiro atoms. The van der Waals surface area contributed by atoms with E-state index in [0.29, 0.717) is 53.9 Å². The number of ether oxygens (including phenoxy) is 1. The molecule has 1 saturated carbocycles. The summed E-state index contributed by atoms with van der Waals surface area (Å²) in [4.78, 5) is 14.1. The maximum atomic E-state index is 16.9. The van der Waals surface area contributed by atoms with Crippen molar-refractivity contribution in [2.45, 2.75) is 81.6 Å². The van der Waals surface area contributed by atoms with Gasteiger partial charge in [0.1, 0.15) is 22.9 Å². The lowest BCUT2D eigenvalue weighted by Crippen LogP contribution is -2.51. The molecule has 4 atom stereocenters. The summed E-state index contributed by atoms with van der Waals surface area (Å²) in [7, 11) is 0. The molecule has 5 heterocycles. The number of benzene rings is 3. The number of nitrogens with zero attached hydrogens (tertiary/aromatic N) is 4. The third-order valence-electron chi connectivity index (χ3n) is 11.6. The number of phenolic OH excluding ortho intramolecular Hbond substituents is 1. The normalized spacial score (nSPS) is 27.5. The lowest BCUT2D eigenvalue weighted by atomic mass is 9.93. The van der Waals surface area contributed by atoms with Gasteiger partial charge in [-0.15, -0.1) is 6.42 Å². The van der Waals surface area contributed by atoms with Gasteiger partial charge in [-0.2, -0.15) is 9.97 Å². The van der Waals surface area contributed by atoms with E-state index in [1.54, 1.807) is 18.2 Å². The molecule has 1 aliphatic carbocycles. The molecule has 3 aromatic carbocycles. The number of aliphatic hydroxyl groups excluding tert-OH is 1. The molecule has 5 aliphatic rings. The average Bonchev–Trinajstić information content (AvgIpc) is 3.70. The second-order valence-corrected chi connectivity index (χ2v) is 14.8. The van der Waals surface area contributed by atoms with Crippen molar-refractivity contribution in [2.75, 3.05) is 31.1 Å². The molecule has 3 N–H and O–H groups in total. The van der Waals surface area contributed by atoms with Crippen molar-refractivity contribution < 1.29 is 23.7 Å². The smallest absolute Gasteiger partial charge is 0.319 e. The van der Waals surface area contributed by atoms with Crippen LogP contribution in [0.4, 0.5) is 14.6 Å². The molecule has 248 valence electrons. The summed E-state index contributed by atoms with van der Waals surface area (Å²) in [5.74, 6) is 1.34. The van der Waals surface area contributed by atoms with Crippen LogP contribution in [0.1, 0.15) is 56.9 Å². The van der Waals surface area contributed by atoms with Crippen LogP contribution in [0.15, 0.2) is 36.4 Å². The van der Waals surface area contributed by atoms with E-state index in [-0.39, 0.29) is 57.4 Å². The monoisotopic (exact) mass is 651 g/mol. The number of piperidine rings is 1. The Morgan fingerprint density at radius 1 is 1.02 bits per heavy atom. The highest BCUT2D eigenvalue weighted by atomic mass is 19.1. The molecule has 48 heavy (non-hydrogen) atoms. The predicted molar refractivity (Wildman–Crippen MR) is 180 cm³/mol. The number of anilines is 1. The van der Waals surface area contributed by atoms with Gasteiger partial charge in [-0.1, -0.05) is 18.1 Å². The maximum Gasteiger partial charge on any atom is 0.319 e. The van der Waals surface area contributed by atoms with E-state index >= 15 is 8.78 Å². The number of piperazine rings is 1. The number of nitrogens with one attached hydrogen (secondary N) is 1. The summed E-state index contributed by atoms with van der Waals surface area (Å²) in [6.45, 7) is 2.65. The molecule has 1 aromatic heterocycles. The Bertz CT molecular complexity index is 1970. The standard InChI is InChI=1S/C38H39F2N5O3/c1-2-21-4-3-5-22-12-27(46)15-29(32(21)22)33-31(39)16-30-35(34(33)40)42-37(43-36(30)44-17-23-6-7-24(18-44)41-23)48-20-38(10-11-38)19-45-25-8-9-26(45)14-28(47)13-25/h1,3-5,12,15-16,23-26,28,41,46-47H,6-11,13-14,17-20H2. The van der Waals surface area contributed by atoms with Crippen molar-refractivity contribution in [2.24, 2.45) is 5.41 Å². The fraction of sp³-hybridized carbons (Fsp3) is 0.474. The van der Waals surface area contributed by atoms with Gasteiger partial charge in [-0.3, -0.25) is 4.90 Å². The second kappa shape index (κ2) is 11.3. The van der Waals surface area contributed by atoms with Crippen molar-refractivity contribution in [3.05, 3.63) is 53.6 Å². The first-order valence-electron chi connectivity index (χ1n) is 17.3. The molecule has 0 amide bonds. The Hall–Kier alpha value is -4.04. The predicted octanol–water partition coefficient (Wildman–Crippen LogP) is 5.50. The molecular formula is C38H39F2N5O3. The Kier molecular flexibility index (Phi) is 7.05. The number of fused-ring (bicyclic) bond motifs is 6. The molecule has 4 aromatic rings. The highest BCUT2D eigenvalue weighted by Crippen LogP contribution is 2.50. The quantitative estimate of drug-likeness (QED) is 0.226. The van der Waals surface area contributed by atoms with E-state index in [1.165, 1.54) is 18.2 Å². The van der Waals surface area contributed by atoms with E-state index in [0.717, 1.165) is 57.9 Å². The zero-order valence-electron chi connectivity index (χ0n) is 26.8. The van der Waals surface area contributed by atoms with Crippen LogP contribution in [0.25, 0.3) is 32.8 Å². The van der Waals surface area contributed by atoms with Gasteiger partial charge in [-0.05, 0) is 81.0 Å². The summed E-state index contributed by atoms with van der Waals surface area (Å²) in [6.07, 6.45) is 13.6. The summed E-state index contributed by atoms with van der Waals surface area (Å²) >= 11 is 0.